The maximum atomic E-state index is 3.69. The zero-order valence-electron chi connectivity index (χ0n) is 11.6. The summed E-state index contributed by atoms with van der Waals surface area (Å²) in [4.78, 5) is 3.62. The van der Waals surface area contributed by atoms with Gasteiger partial charge in [-0.15, -0.1) is 0 Å². The fraction of sp³-hybridized carbons (Fsp3) is 0.500. The topological polar surface area (TPSA) is 27.8 Å². The average Bonchev–Trinajstić information content (AvgIpc) is 2.84. The highest BCUT2D eigenvalue weighted by Gasteiger charge is 2.27. The molecule has 0 amide bonds. The Kier molecular flexibility index (Phi) is 2.90. The summed E-state index contributed by atoms with van der Waals surface area (Å²) in [6.45, 7) is 7.75. The van der Waals surface area contributed by atoms with Crippen molar-refractivity contribution in [1.29, 1.82) is 0 Å². The summed E-state index contributed by atoms with van der Waals surface area (Å²) in [6, 6.07) is 5.12. The monoisotopic (exact) mass is 242 g/mol. The molecule has 1 aliphatic carbocycles. The lowest BCUT2D eigenvalue weighted by atomic mass is 10.0. The smallest absolute Gasteiger partial charge is 0.0464 e. The molecule has 1 unspecified atom stereocenters. The molecule has 0 saturated heterocycles. The van der Waals surface area contributed by atoms with Gasteiger partial charge in [0.15, 0.2) is 0 Å². The van der Waals surface area contributed by atoms with Gasteiger partial charge in [0.2, 0.25) is 0 Å². The van der Waals surface area contributed by atoms with Gasteiger partial charge in [-0.25, -0.2) is 0 Å². The van der Waals surface area contributed by atoms with Crippen LogP contribution in [-0.2, 0) is 6.42 Å². The highest BCUT2D eigenvalue weighted by molar-refractivity contribution is 5.89. The standard InChI is InChI=1S/C16H22N2/c1-4-7-17-12-5-6-13-16(12)15-11(3)8-10(2)9-14(15)18-13/h8-9,12,17-18H,4-7H2,1-3H3. The highest BCUT2D eigenvalue weighted by Crippen LogP contribution is 2.38. The van der Waals surface area contributed by atoms with Crippen LogP contribution in [0, 0.1) is 13.8 Å². The van der Waals surface area contributed by atoms with Crippen molar-refractivity contribution in [3.8, 4) is 0 Å². The number of benzene rings is 1. The number of fused-ring (bicyclic) bond motifs is 3. The summed E-state index contributed by atoms with van der Waals surface area (Å²) in [5.41, 5.74) is 7.06. The number of hydrogen-bond donors (Lipinski definition) is 2. The fourth-order valence-corrected chi connectivity index (χ4v) is 3.34. The van der Waals surface area contributed by atoms with Gasteiger partial charge in [-0.05, 0) is 62.4 Å². The molecule has 0 radical (unpaired) electrons. The summed E-state index contributed by atoms with van der Waals surface area (Å²) in [5.74, 6) is 0. The van der Waals surface area contributed by atoms with E-state index < -0.39 is 0 Å². The van der Waals surface area contributed by atoms with E-state index in [1.165, 1.54) is 52.5 Å². The Morgan fingerprint density at radius 3 is 2.94 bits per heavy atom. The first kappa shape index (κ1) is 11.8. The predicted molar refractivity (Wildman–Crippen MR) is 77.1 cm³/mol. The van der Waals surface area contributed by atoms with Gasteiger partial charge in [0.1, 0.15) is 0 Å². The van der Waals surface area contributed by atoms with Crippen molar-refractivity contribution in [1.82, 2.24) is 10.3 Å². The molecule has 2 aromatic rings. The molecule has 3 rings (SSSR count). The first-order chi connectivity index (χ1) is 8.70. The summed E-state index contributed by atoms with van der Waals surface area (Å²) >= 11 is 0. The van der Waals surface area contributed by atoms with Crippen LogP contribution in [0.5, 0.6) is 0 Å². The van der Waals surface area contributed by atoms with Crippen molar-refractivity contribution in [3.63, 3.8) is 0 Å². The third-order valence-corrected chi connectivity index (χ3v) is 4.03. The number of H-pyrrole nitrogens is 1. The average molecular weight is 242 g/mol. The molecule has 1 heterocycles. The lowest BCUT2D eigenvalue weighted by Crippen LogP contribution is -2.19. The Labute approximate surface area is 109 Å². The molecule has 18 heavy (non-hydrogen) atoms. The second-order valence-electron chi connectivity index (χ2n) is 5.57. The van der Waals surface area contributed by atoms with Gasteiger partial charge in [0.05, 0.1) is 0 Å². The third-order valence-electron chi connectivity index (χ3n) is 4.03. The molecule has 2 N–H and O–H groups in total. The molecule has 0 aliphatic heterocycles. The molecule has 0 saturated carbocycles. The summed E-state index contributed by atoms with van der Waals surface area (Å²) in [7, 11) is 0. The number of aryl methyl sites for hydroxylation is 3. The zero-order chi connectivity index (χ0) is 12.7. The van der Waals surface area contributed by atoms with Crippen LogP contribution in [0.15, 0.2) is 12.1 Å². The van der Waals surface area contributed by atoms with Gasteiger partial charge in [0.25, 0.3) is 0 Å². The maximum Gasteiger partial charge on any atom is 0.0464 e. The molecule has 2 nitrogen and oxygen atoms in total. The Balaban J connectivity index is 2.11. The summed E-state index contributed by atoms with van der Waals surface area (Å²) in [5, 5.41) is 5.15. The molecule has 1 aromatic heterocycles. The van der Waals surface area contributed by atoms with Crippen molar-refractivity contribution in [2.75, 3.05) is 6.54 Å². The molecule has 2 heteroatoms. The zero-order valence-corrected chi connectivity index (χ0v) is 11.6. The van der Waals surface area contributed by atoms with Crippen LogP contribution >= 0.6 is 0 Å². The van der Waals surface area contributed by atoms with E-state index in [2.05, 4.69) is 43.2 Å². The Morgan fingerprint density at radius 2 is 2.17 bits per heavy atom. The minimum absolute atomic E-state index is 0.551. The number of aromatic nitrogens is 1. The Hall–Kier alpha value is -1.28. The molecule has 1 atom stereocenters. The van der Waals surface area contributed by atoms with Crippen LogP contribution in [0.3, 0.4) is 0 Å². The van der Waals surface area contributed by atoms with Crippen molar-refractivity contribution < 1.29 is 0 Å². The second-order valence-corrected chi connectivity index (χ2v) is 5.57. The van der Waals surface area contributed by atoms with Crippen LogP contribution in [0.25, 0.3) is 10.9 Å². The van der Waals surface area contributed by atoms with Crippen molar-refractivity contribution in [2.24, 2.45) is 0 Å². The van der Waals surface area contributed by atoms with Crippen LogP contribution in [0.1, 0.15) is 48.2 Å². The van der Waals surface area contributed by atoms with Gasteiger partial charge < -0.3 is 10.3 Å². The van der Waals surface area contributed by atoms with E-state index in [1.807, 2.05) is 0 Å². The first-order valence-corrected chi connectivity index (χ1v) is 7.05. The van der Waals surface area contributed by atoms with Gasteiger partial charge >= 0.3 is 0 Å². The van der Waals surface area contributed by atoms with Gasteiger partial charge in [-0.2, -0.15) is 0 Å². The Bertz CT molecular complexity index is 580. The Morgan fingerprint density at radius 1 is 1.33 bits per heavy atom. The van der Waals surface area contributed by atoms with Crippen LogP contribution < -0.4 is 5.32 Å². The molecule has 1 aromatic carbocycles. The SMILES string of the molecule is CCCNC1CCc2[nH]c3cc(C)cc(C)c3c21. The molecule has 0 spiro atoms. The van der Waals surface area contributed by atoms with Crippen molar-refractivity contribution >= 4 is 10.9 Å². The minimum Gasteiger partial charge on any atom is -0.358 e. The van der Waals surface area contributed by atoms with E-state index in [4.69, 9.17) is 0 Å². The lowest BCUT2D eigenvalue weighted by molar-refractivity contribution is 0.531. The molecule has 96 valence electrons. The fourth-order valence-electron chi connectivity index (χ4n) is 3.34. The highest BCUT2D eigenvalue weighted by atomic mass is 14.9. The number of rotatable bonds is 3. The van der Waals surface area contributed by atoms with E-state index in [-0.39, 0.29) is 0 Å². The molecular weight excluding hydrogens is 220 g/mol. The van der Waals surface area contributed by atoms with Crippen molar-refractivity contribution in [2.45, 2.75) is 46.1 Å². The van der Waals surface area contributed by atoms with Crippen LogP contribution in [0.2, 0.25) is 0 Å². The molecule has 0 bridgehead atoms. The van der Waals surface area contributed by atoms with Crippen LogP contribution in [0.4, 0.5) is 0 Å². The predicted octanol–water partition coefficient (Wildman–Crippen LogP) is 3.77. The van der Waals surface area contributed by atoms with Crippen molar-refractivity contribution in [3.05, 3.63) is 34.5 Å². The number of hydrogen-bond acceptors (Lipinski definition) is 1. The maximum absolute atomic E-state index is 3.69. The largest absolute Gasteiger partial charge is 0.358 e. The van der Waals surface area contributed by atoms with E-state index in [0.717, 1.165) is 6.54 Å². The minimum atomic E-state index is 0.551. The summed E-state index contributed by atoms with van der Waals surface area (Å²) < 4.78 is 0. The quantitative estimate of drug-likeness (QED) is 0.842. The van der Waals surface area contributed by atoms with Gasteiger partial charge in [-0.1, -0.05) is 13.0 Å². The third kappa shape index (κ3) is 1.76. The second kappa shape index (κ2) is 4.43. The normalized spacial score (nSPS) is 18.5. The van der Waals surface area contributed by atoms with E-state index in [0.29, 0.717) is 6.04 Å². The van der Waals surface area contributed by atoms with E-state index >= 15 is 0 Å². The lowest BCUT2D eigenvalue weighted by Gasteiger charge is -2.14. The van der Waals surface area contributed by atoms with E-state index in [9.17, 15) is 0 Å². The van der Waals surface area contributed by atoms with Gasteiger partial charge in [-0.3, -0.25) is 0 Å². The number of nitrogens with one attached hydrogen (secondary N) is 2. The molecule has 0 fully saturated rings. The first-order valence-electron chi connectivity index (χ1n) is 7.05. The van der Waals surface area contributed by atoms with Gasteiger partial charge in [0, 0.05) is 22.6 Å². The van der Waals surface area contributed by atoms with Crippen LogP contribution in [-0.4, -0.2) is 11.5 Å². The molecule has 1 aliphatic rings. The number of aromatic amines is 1. The molecular formula is C16H22N2. The summed E-state index contributed by atoms with van der Waals surface area (Å²) in [6.07, 6.45) is 3.63. The van der Waals surface area contributed by atoms with E-state index in [1.54, 1.807) is 0 Å².